The first-order valence-corrected chi connectivity index (χ1v) is 9.68. The topological polar surface area (TPSA) is 77.4 Å². The van der Waals surface area contributed by atoms with Crippen LogP contribution in [0.5, 0.6) is 0 Å². The van der Waals surface area contributed by atoms with Crippen molar-refractivity contribution in [3.05, 3.63) is 69.7 Å². The van der Waals surface area contributed by atoms with Crippen LogP contribution in [0.2, 0.25) is 10.0 Å². The van der Waals surface area contributed by atoms with E-state index in [2.05, 4.69) is 0 Å². The maximum Gasteiger partial charge on any atom is 0.184 e. The van der Waals surface area contributed by atoms with E-state index in [1.54, 1.807) is 48.5 Å². The molecule has 0 spiro atoms. The van der Waals surface area contributed by atoms with Crippen LogP contribution in [0.15, 0.2) is 48.5 Å². The minimum absolute atomic E-state index is 0.152. The van der Waals surface area contributed by atoms with Crippen molar-refractivity contribution in [2.75, 3.05) is 13.2 Å². The third-order valence-electron chi connectivity index (χ3n) is 4.82. The SMILES string of the molecule is O[C@@H]([C@H](O)[C@H]1COC(c2ccc(Cl)cc2)O1)[C@@H]1COC(c2ccc(Cl)cc2)O1. The van der Waals surface area contributed by atoms with Gasteiger partial charge in [-0.2, -0.15) is 0 Å². The molecule has 0 aromatic heterocycles. The highest BCUT2D eigenvalue weighted by Gasteiger charge is 2.42. The Morgan fingerprint density at radius 1 is 0.679 bits per heavy atom. The number of halogens is 2. The zero-order valence-electron chi connectivity index (χ0n) is 14.8. The van der Waals surface area contributed by atoms with Gasteiger partial charge in [0.2, 0.25) is 0 Å². The van der Waals surface area contributed by atoms with Crippen LogP contribution in [0.4, 0.5) is 0 Å². The number of hydrogen-bond acceptors (Lipinski definition) is 6. The predicted octanol–water partition coefficient (Wildman–Crippen LogP) is 3.24. The Kier molecular flexibility index (Phi) is 6.20. The molecule has 0 amide bonds. The summed E-state index contributed by atoms with van der Waals surface area (Å²) < 4.78 is 22.7. The van der Waals surface area contributed by atoms with Gasteiger partial charge in [-0.3, -0.25) is 0 Å². The number of aliphatic hydroxyl groups is 2. The van der Waals surface area contributed by atoms with Crippen molar-refractivity contribution >= 4 is 23.2 Å². The lowest BCUT2D eigenvalue weighted by atomic mass is 10.0. The van der Waals surface area contributed by atoms with Crippen molar-refractivity contribution in [2.24, 2.45) is 0 Å². The molecule has 6 atom stereocenters. The smallest absolute Gasteiger partial charge is 0.184 e. The third kappa shape index (κ3) is 4.35. The molecule has 2 aliphatic heterocycles. The van der Waals surface area contributed by atoms with Gasteiger partial charge in [0.25, 0.3) is 0 Å². The van der Waals surface area contributed by atoms with Gasteiger partial charge in [0.15, 0.2) is 12.6 Å². The summed E-state index contributed by atoms with van der Waals surface area (Å²) in [6, 6.07) is 14.1. The van der Waals surface area contributed by atoms with Gasteiger partial charge in [0.05, 0.1) is 13.2 Å². The predicted molar refractivity (Wildman–Crippen MR) is 102 cm³/mol. The number of benzene rings is 2. The van der Waals surface area contributed by atoms with Gasteiger partial charge in [0, 0.05) is 21.2 Å². The average Bonchev–Trinajstić information content (AvgIpc) is 3.38. The number of rotatable bonds is 5. The molecular formula is C20H20Cl2O6. The summed E-state index contributed by atoms with van der Waals surface area (Å²) in [5.74, 6) is 0. The molecule has 6 nitrogen and oxygen atoms in total. The third-order valence-corrected chi connectivity index (χ3v) is 5.32. The van der Waals surface area contributed by atoms with E-state index in [-0.39, 0.29) is 13.2 Å². The maximum atomic E-state index is 10.6. The number of aliphatic hydroxyl groups excluding tert-OH is 2. The Morgan fingerprint density at radius 2 is 1.04 bits per heavy atom. The molecule has 2 heterocycles. The highest BCUT2D eigenvalue weighted by Crippen LogP contribution is 2.33. The summed E-state index contributed by atoms with van der Waals surface area (Å²) in [5, 5.41) is 22.3. The second kappa shape index (κ2) is 8.65. The lowest BCUT2D eigenvalue weighted by Crippen LogP contribution is -2.46. The molecule has 8 heteroatoms. The van der Waals surface area contributed by atoms with E-state index in [1.165, 1.54) is 0 Å². The normalized spacial score (nSPS) is 29.7. The Hall–Kier alpha value is -1.22. The Bertz CT molecular complexity index is 717. The number of ether oxygens (including phenoxy) is 4. The van der Waals surface area contributed by atoms with Gasteiger partial charge >= 0.3 is 0 Å². The van der Waals surface area contributed by atoms with Crippen molar-refractivity contribution in [2.45, 2.75) is 37.0 Å². The molecule has 2 saturated heterocycles. The molecule has 0 aliphatic carbocycles. The molecule has 28 heavy (non-hydrogen) atoms. The summed E-state index contributed by atoms with van der Waals surface area (Å²) >= 11 is 11.8. The van der Waals surface area contributed by atoms with Crippen molar-refractivity contribution in [1.82, 2.24) is 0 Å². The second-order valence-corrected chi connectivity index (χ2v) is 7.64. The van der Waals surface area contributed by atoms with E-state index in [1.807, 2.05) is 0 Å². The van der Waals surface area contributed by atoms with Crippen LogP contribution < -0.4 is 0 Å². The van der Waals surface area contributed by atoms with Crippen molar-refractivity contribution in [3.63, 3.8) is 0 Å². The van der Waals surface area contributed by atoms with Crippen LogP contribution in [-0.2, 0) is 18.9 Å². The molecule has 2 fully saturated rings. The molecule has 2 aliphatic rings. The first kappa shape index (κ1) is 20.1. The first-order valence-electron chi connectivity index (χ1n) is 8.92. The van der Waals surface area contributed by atoms with Gasteiger partial charge < -0.3 is 29.2 Å². The van der Waals surface area contributed by atoms with E-state index >= 15 is 0 Å². The zero-order chi connectivity index (χ0) is 19.7. The van der Waals surface area contributed by atoms with Gasteiger partial charge in [0.1, 0.15) is 24.4 Å². The van der Waals surface area contributed by atoms with Gasteiger partial charge in [-0.15, -0.1) is 0 Å². The van der Waals surface area contributed by atoms with Crippen LogP contribution in [0.25, 0.3) is 0 Å². The Labute approximate surface area is 172 Å². The van der Waals surface area contributed by atoms with Crippen molar-refractivity contribution in [1.29, 1.82) is 0 Å². The molecule has 4 rings (SSSR count). The molecule has 2 unspecified atom stereocenters. The van der Waals surface area contributed by atoms with Crippen molar-refractivity contribution in [3.8, 4) is 0 Å². The minimum atomic E-state index is -1.19. The van der Waals surface area contributed by atoms with Crippen LogP contribution in [0.3, 0.4) is 0 Å². The highest BCUT2D eigenvalue weighted by molar-refractivity contribution is 6.30. The fourth-order valence-corrected chi connectivity index (χ4v) is 3.48. The maximum absolute atomic E-state index is 10.6. The van der Waals surface area contributed by atoms with Gasteiger partial charge in [-0.25, -0.2) is 0 Å². The zero-order valence-corrected chi connectivity index (χ0v) is 16.3. The van der Waals surface area contributed by atoms with E-state index in [9.17, 15) is 10.2 Å². The summed E-state index contributed by atoms with van der Waals surface area (Å²) in [7, 11) is 0. The molecule has 2 aromatic rings. The molecule has 150 valence electrons. The molecule has 0 radical (unpaired) electrons. The lowest BCUT2D eigenvalue weighted by Gasteiger charge is -2.25. The van der Waals surface area contributed by atoms with Crippen LogP contribution in [0, 0.1) is 0 Å². The Balaban J connectivity index is 1.34. The largest absolute Gasteiger partial charge is 0.387 e. The van der Waals surface area contributed by atoms with E-state index < -0.39 is 37.0 Å². The monoisotopic (exact) mass is 426 g/mol. The van der Waals surface area contributed by atoms with E-state index in [0.717, 1.165) is 11.1 Å². The summed E-state index contributed by atoms with van der Waals surface area (Å²) in [6.07, 6.45) is -4.98. The fourth-order valence-electron chi connectivity index (χ4n) is 3.23. The molecule has 0 saturated carbocycles. The number of hydrogen-bond donors (Lipinski definition) is 2. The lowest BCUT2D eigenvalue weighted by molar-refractivity contribution is -0.141. The molecule has 2 aromatic carbocycles. The first-order chi connectivity index (χ1) is 13.5. The summed E-state index contributed by atoms with van der Waals surface area (Å²) in [6.45, 7) is 0.305. The highest BCUT2D eigenvalue weighted by atomic mass is 35.5. The second-order valence-electron chi connectivity index (χ2n) is 6.76. The minimum Gasteiger partial charge on any atom is -0.387 e. The van der Waals surface area contributed by atoms with Crippen LogP contribution in [0.1, 0.15) is 23.7 Å². The fraction of sp³-hybridized carbons (Fsp3) is 0.400. The average molecular weight is 427 g/mol. The van der Waals surface area contributed by atoms with Crippen LogP contribution in [-0.4, -0.2) is 47.8 Å². The molecular weight excluding hydrogens is 407 g/mol. The van der Waals surface area contributed by atoms with Crippen LogP contribution >= 0.6 is 23.2 Å². The molecule has 0 bridgehead atoms. The Morgan fingerprint density at radius 3 is 1.39 bits per heavy atom. The van der Waals surface area contributed by atoms with Gasteiger partial charge in [-0.1, -0.05) is 47.5 Å². The van der Waals surface area contributed by atoms with E-state index in [0.29, 0.717) is 10.0 Å². The summed E-state index contributed by atoms with van der Waals surface area (Å²) in [4.78, 5) is 0. The van der Waals surface area contributed by atoms with Gasteiger partial charge in [-0.05, 0) is 24.3 Å². The summed E-state index contributed by atoms with van der Waals surface area (Å²) in [5.41, 5.74) is 1.58. The molecule has 2 N–H and O–H groups in total. The standard InChI is InChI=1S/C20H20Cl2O6/c21-13-5-1-11(2-6-13)19-25-9-15(27-19)17(23)18(24)16-10-26-20(28-16)12-3-7-14(22)8-4-12/h1-8,15-20,23-24H,9-10H2/t15-,16+,17-,18-,19?,20?/m1/s1. The van der Waals surface area contributed by atoms with Crippen molar-refractivity contribution < 1.29 is 29.2 Å². The van der Waals surface area contributed by atoms with E-state index in [4.69, 9.17) is 42.1 Å². The quantitative estimate of drug-likeness (QED) is 0.763.